The van der Waals surface area contributed by atoms with Crippen molar-refractivity contribution in [1.82, 2.24) is 9.80 Å². The molecule has 2 saturated heterocycles. The molecule has 0 spiro atoms. The summed E-state index contributed by atoms with van der Waals surface area (Å²) >= 11 is 0. The number of benzene rings is 2. The van der Waals surface area contributed by atoms with Crippen molar-refractivity contribution < 1.29 is 14.7 Å². The zero-order chi connectivity index (χ0) is 20.3. The van der Waals surface area contributed by atoms with E-state index in [4.69, 9.17) is 0 Å². The Bertz CT molecular complexity index is 845. The van der Waals surface area contributed by atoms with E-state index in [9.17, 15) is 14.7 Å². The van der Waals surface area contributed by atoms with Gasteiger partial charge in [-0.3, -0.25) is 14.5 Å². The van der Waals surface area contributed by atoms with Crippen LogP contribution in [0.3, 0.4) is 0 Å². The maximum Gasteiger partial charge on any atom is 0.308 e. The normalized spacial score (nSPS) is 22.0. The number of likely N-dealkylation sites (tertiary alicyclic amines) is 2. The molecule has 0 unspecified atom stereocenters. The lowest BCUT2D eigenvalue weighted by Crippen LogP contribution is -2.49. The predicted octanol–water partition coefficient (Wildman–Crippen LogP) is 3.15. The van der Waals surface area contributed by atoms with Crippen LogP contribution in [0, 0.1) is 5.92 Å². The number of rotatable bonds is 6. The van der Waals surface area contributed by atoms with E-state index in [0.29, 0.717) is 13.1 Å². The van der Waals surface area contributed by atoms with Gasteiger partial charge in [-0.15, -0.1) is 0 Å². The molecule has 1 amide bonds. The van der Waals surface area contributed by atoms with Gasteiger partial charge in [0, 0.05) is 31.5 Å². The van der Waals surface area contributed by atoms with Gasteiger partial charge in [0.05, 0.1) is 5.92 Å². The molecule has 0 bridgehead atoms. The highest BCUT2D eigenvalue weighted by Crippen LogP contribution is 2.38. The topological polar surface area (TPSA) is 60.9 Å². The van der Waals surface area contributed by atoms with Crippen LogP contribution in [-0.4, -0.2) is 53.0 Å². The van der Waals surface area contributed by atoms with E-state index in [2.05, 4.69) is 53.4 Å². The summed E-state index contributed by atoms with van der Waals surface area (Å²) in [4.78, 5) is 28.1. The molecule has 2 fully saturated rings. The van der Waals surface area contributed by atoms with E-state index >= 15 is 0 Å². The quantitative estimate of drug-likeness (QED) is 0.820. The summed E-state index contributed by atoms with van der Waals surface area (Å²) in [5.74, 6) is -1.47. The highest BCUT2D eigenvalue weighted by Gasteiger charge is 2.42. The molecule has 0 aromatic heterocycles. The summed E-state index contributed by atoms with van der Waals surface area (Å²) in [6.45, 7) is 3.81. The molecule has 1 N–H and O–H groups in total. The van der Waals surface area contributed by atoms with Crippen LogP contribution in [0.1, 0.15) is 30.4 Å². The molecule has 29 heavy (non-hydrogen) atoms. The SMILES string of the molecule is O=C(O)[C@@H]1CC(=O)N(CC2(c3ccccc3)CCN(Cc3ccccc3)CC2)C1. The van der Waals surface area contributed by atoms with Crippen molar-refractivity contribution in [2.24, 2.45) is 5.92 Å². The second-order valence-corrected chi connectivity index (χ2v) is 8.42. The number of aliphatic carboxylic acids is 1. The molecule has 1 atom stereocenters. The van der Waals surface area contributed by atoms with Gasteiger partial charge < -0.3 is 10.0 Å². The van der Waals surface area contributed by atoms with Gasteiger partial charge in [-0.1, -0.05) is 60.7 Å². The van der Waals surface area contributed by atoms with Crippen molar-refractivity contribution in [2.75, 3.05) is 26.2 Å². The summed E-state index contributed by atoms with van der Waals surface area (Å²) in [6.07, 6.45) is 2.05. The molecule has 4 rings (SSSR count). The van der Waals surface area contributed by atoms with Gasteiger partial charge >= 0.3 is 5.97 Å². The molecule has 0 aliphatic carbocycles. The van der Waals surface area contributed by atoms with Gasteiger partial charge in [0.25, 0.3) is 0 Å². The fourth-order valence-electron chi connectivity index (χ4n) is 4.77. The highest BCUT2D eigenvalue weighted by molar-refractivity contribution is 5.86. The molecular formula is C24H28N2O3. The van der Waals surface area contributed by atoms with Gasteiger partial charge in [-0.2, -0.15) is 0 Å². The fraction of sp³-hybridized carbons (Fsp3) is 0.417. The maximum absolute atomic E-state index is 12.5. The molecule has 2 aromatic carbocycles. The van der Waals surface area contributed by atoms with Gasteiger partial charge in [-0.25, -0.2) is 0 Å². The molecule has 5 nitrogen and oxygen atoms in total. The third kappa shape index (κ3) is 4.35. The van der Waals surface area contributed by atoms with Crippen LogP contribution in [0.25, 0.3) is 0 Å². The maximum atomic E-state index is 12.5. The number of piperidine rings is 1. The number of carboxylic acid groups (broad SMARTS) is 1. The third-order valence-electron chi connectivity index (χ3n) is 6.51. The van der Waals surface area contributed by atoms with Gasteiger partial charge in [0.2, 0.25) is 5.91 Å². The Labute approximate surface area is 171 Å². The predicted molar refractivity (Wildman–Crippen MR) is 111 cm³/mol. The van der Waals surface area contributed by atoms with Crippen molar-refractivity contribution in [3.63, 3.8) is 0 Å². The lowest BCUT2D eigenvalue weighted by atomic mass is 9.72. The first-order valence-corrected chi connectivity index (χ1v) is 10.4. The molecule has 152 valence electrons. The van der Waals surface area contributed by atoms with Crippen LogP contribution in [0.15, 0.2) is 60.7 Å². The van der Waals surface area contributed by atoms with Crippen molar-refractivity contribution in [3.8, 4) is 0 Å². The highest BCUT2D eigenvalue weighted by atomic mass is 16.4. The van der Waals surface area contributed by atoms with E-state index in [-0.39, 0.29) is 17.7 Å². The van der Waals surface area contributed by atoms with Crippen LogP contribution in [0.5, 0.6) is 0 Å². The number of hydrogen-bond acceptors (Lipinski definition) is 3. The number of amides is 1. The first-order chi connectivity index (χ1) is 14.1. The first kappa shape index (κ1) is 19.6. The second kappa shape index (κ2) is 8.37. The lowest BCUT2D eigenvalue weighted by molar-refractivity contribution is -0.141. The number of hydrogen-bond donors (Lipinski definition) is 1. The standard InChI is InChI=1S/C24H28N2O3/c27-22-15-20(23(28)29)17-26(22)18-24(21-9-5-2-6-10-21)11-13-25(14-12-24)16-19-7-3-1-4-8-19/h1-10,20H,11-18H2,(H,28,29)/t20-/m1/s1. The van der Waals surface area contributed by atoms with Crippen LogP contribution >= 0.6 is 0 Å². The second-order valence-electron chi connectivity index (χ2n) is 8.42. The number of nitrogens with zero attached hydrogens (tertiary/aromatic N) is 2. The Kier molecular flexibility index (Phi) is 5.67. The number of carbonyl (C=O) groups excluding carboxylic acids is 1. The Morgan fingerprint density at radius 3 is 2.21 bits per heavy atom. The monoisotopic (exact) mass is 392 g/mol. The third-order valence-corrected chi connectivity index (χ3v) is 6.51. The largest absolute Gasteiger partial charge is 0.481 e. The zero-order valence-corrected chi connectivity index (χ0v) is 16.7. The summed E-state index contributed by atoms with van der Waals surface area (Å²) in [7, 11) is 0. The van der Waals surface area contributed by atoms with Crippen molar-refractivity contribution in [3.05, 3.63) is 71.8 Å². The average molecular weight is 392 g/mol. The molecule has 5 heteroatoms. The minimum Gasteiger partial charge on any atom is -0.481 e. The average Bonchev–Trinajstić information content (AvgIpc) is 3.11. The van der Waals surface area contributed by atoms with E-state index in [1.54, 1.807) is 4.90 Å². The summed E-state index contributed by atoms with van der Waals surface area (Å²) < 4.78 is 0. The van der Waals surface area contributed by atoms with Crippen molar-refractivity contribution in [1.29, 1.82) is 0 Å². The van der Waals surface area contributed by atoms with Gasteiger partial charge in [0.1, 0.15) is 0 Å². The molecular weight excluding hydrogens is 364 g/mol. The van der Waals surface area contributed by atoms with Gasteiger partial charge in [0.15, 0.2) is 0 Å². The first-order valence-electron chi connectivity index (χ1n) is 10.4. The minimum atomic E-state index is -0.868. The smallest absolute Gasteiger partial charge is 0.308 e. The molecule has 0 radical (unpaired) electrons. The Balaban J connectivity index is 1.50. The Morgan fingerprint density at radius 2 is 1.62 bits per heavy atom. The van der Waals surface area contributed by atoms with Crippen LogP contribution in [0.4, 0.5) is 0 Å². The van der Waals surface area contributed by atoms with E-state index < -0.39 is 11.9 Å². The molecule has 2 heterocycles. The van der Waals surface area contributed by atoms with E-state index in [0.717, 1.165) is 32.5 Å². The lowest BCUT2D eigenvalue weighted by Gasteiger charge is -2.44. The molecule has 2 aliphatic heterocycles. The minimum absolute atomic E-state index is 0.0283. The van der Waals surface area contributed by atoms with Crippen molar-refractivity contribution in [2.45, 2.75) is 31.2 Å². The Morgan fingerprint density at radius 1 is 1.00 bits per heavy atom. The Hall–Kier alpha value is -2.66. The van der Waals surface area contributed by atoms with E-state index in [1.165, 1.54) is 11.1 Å². The molecule has 2 aliphatic rings. The van der Waals surface area contributed by atoms with Crippen LogP contribution in [-0.2, 0) is 21.5 Å². The number of carbonyl (C=O) groups is 2. The summed E-state index contributed by atoms with van der Waals surface area (Å²) in [5.41, 5.74) is 2.46. The summed E-state index contributed by atoms with van der Waals surface area (Å²) in [6, 6.07) is 20.9. The fourth-order valence-corrected chi connectivity index (χ4v) is 4.77. The van der Waals surface area contributed by atoms with Crippen LogP contribution in [0.2, 0.25) is 0 Å². The zero-order valence-electron chi connectivity index (χ0n) is 16.7. The van der Waals surface area contributed by atoms with Gasteiger partial charge in [-0.05, 0) is 37.1 Å². The van der Waals surface area contributed by atoms with E-state index in [1.807, 2.05) is 12.1 Å². The van der Waals surface area contributed by atoms with Crippen molar-refractivity contribution >= 4 is 11.9 Å². The number of carboxylic acids is 1. The molecule has 2 aromatic rings. The molecule has 0 saturated carbocycles. The van der Waals surface area contributed by atoms with Crippen LogP contribution < -0.4 is 0 Å². The summed E-state index contributed by atoms with van der Waals surface area (Å²) in [5, 5.41) is 9.33.